The molecular formula is C28H42N4O2. The van der Waals surface area contributed by atoms with E-state index >= 15 is 0 Å². The zero-order valence-electron chi connectivity index (χ0n) is 20.9. The quantitative estimate of drug-likeness (QED) is 0.0967. The lowest BCUT2D eigenvalue weighted by atomic mass is 10.0. The van der Waals surface area contributed by atoms with Crippen LogP contribution < -0.4 is 5.32 Å². The molecule has 6 heteroatoms. The molecule has 34 heavy (non-hydrogen) atoms. The number of benzene rings is 2. The summed E-state index contributed by atoms with van der Waals surface area (Å²) >= 11 is 0. The van der Waals surface area contributed by atoms with Gasteiger partial charge in [0.1, 0.15) is 0 Å². The van der Waals surface area contributed by atoms with Crippen LogP contribution in [0.1, 0.15) is 96.8 Å². The van der Waals surface area contributed by atoms with Gasteiger partial charge in [-0.3, -0.25) is 10.1 Å². The van der Waals surface area contributed by atoms with Crippen molar-refractivity contribution in [2.45, 2.75) is 96.8 Å². The third-order valence-corrected chi connectivity index (χ3v) is 6.07. The van der Waals surface area contributed by atoms with Crippen molar-refractivity contribution in [3.8, 4) is 0 Å². The van der Waals surface area contributed by atoms with Gasteiger partial charge in [-0.15, -0.1) is 0 Å². The smallest absolute Gasteiger partial charge is 0.269 e. The lowest BCUT2D eigenvalue weighted by Gasteiger charge is -2.06. The minimum absolute atomic E-state index is 0.0492. The van der Waals surface area contributed by atoms with Gasteiger partial charge in [0.15, 0.2) is 0 Å². The van der Waals surface area contributed by atoms with Crippen LogP contribution >= 0.6 is 0 Å². The summed E-state index contributed by atoms with van der Waals surface area (Å²) in [6.45, 7) is 3.27. The SMILES string of the molecule is CCCCCCCCCCCCCCCCNc1ccc(N=Nc2ccc([N+](=O)[O-])cc2)cc1. The average Bonchev–Trinajstić information content (AvgIpc) is 2.86. The van der Waals surface area contributed by atoms with Crippen LogP contribution in [0.15, 0.2) is 58.8 Å². The number of nitro groups is 1. The molecule has 0 unspecified atom stereocenters. The van der Waals surface area contributed by atoms with Crippen LogP contribution in [0.25, 0.3) is 0 Å². The summed E-state index contributed by atoms with van der Waals surface area (Å²) in [4.78, 5) is 10.3. The molecule has 0 saturated heterocycles. The molecule has 186 valence electrons. The first-order chi connectivity index (χ1) is 16.7. The summed E-state index contributed by atoms with van der Waals surface area (Å²) < 4.78 is 0. The van der Waals surface area contributed by atoms with E-state index in [0.29, 0.717) is 5.69 Å². The zero-order chi connectivity index (χ0) is 24.3. The minimum atomic E-state index is -0.425. The Bertz CT molecular complexity index is 819. The Morgan fingerprint density at radius 1 is 0.647 bits per heavy atom. The zero-order valence-corrected chi connectivity index (χ0v) is 20.9. The molecule has 0 aromatic heterocycles. The van der Waals surface area contributed by atoms with Gasteiger partial charge in [-0.05, 0) is 42.8 Å². The Labute approximate surface area is 205 Å². The topological polar surface area (TPSA) is 79.9 Å². The van der Waals surface area contributed by atoms with E-state index < -0.39 is 4.92 Å². The summed E-state index contributed by atoms with van der Waals surface area (Å²) in [7, 11) is 0. The molecule has 2 rings (SSSR count). The van der Waals surface area contributed by atoms with Crippen LogP contribution in [-0.2, 0) is 0 Å². The van der Waals surface area contributed by atoms with Crippen LogP contribution in [-0.4, -0.2) is 11.5 Å². The normalized spacial score (nSPS) is 11.2. The van der Waals surface area contributed by atoms with Crippen LogP contribution in [0.5, 0.6) is 0 Å². The predicted octanol–water partition coefficient (Wildman–Crippen LogP) is 9.90. The highest BCUT2D eigenvalue weighted by Crippen LogP contribution is 2.22. The van der Waals surface area contributed by atoms with Crippen LogP contribution in [0, 0.1) is 10.1 Å². The van der Waals surface area contributed by atoms with Crippen LogP contribution in [0.3, 0.4) is 0 Å². The van der Waals surface area contributed by atoms with Gasteiger partial charge in [0.25, 0.3) is 5.69 Å². The van der Waals surface area contributed by atoms with E-state index in [1.165, 1.54) is 102 Å². The number of non-ortho nitro benzene ring substituents is 1. The summed E-state index contributed by atoms with van der Waals surface area (Å²) in [6.07, 6.45) is 19.3. The first-order valence-corrected chi connectivity index (χ1v) is 13.2. The monoisotopic (exact) mass is 466 g/mol. The van der Waals surface area contributed by atoms with Crippen molar-refractivity contribution in [3.05, 3.63) is 58.6 Å². The second-order valence-corrected chi connectivity index (χ2v) is 9.04. The van der Waals surface area contributed by atoms with Gasteiger partial charge in [0.2, 0.25) is 0 Å². The Morgan fingerprint density at radius 2 is 1.06 bits per heavy atom. The predicted molar refractivity (Wildman–Crippen MR) is 143 cm³/mol. The standard InChI is InChI=1S/C28H42N4O2/c1-2-3-4-5-6-7-8-9-10-11-12-13-14-15-24-29-25-16-18-26(19-17-25)30-31-27-20-22-28(23-21-27)32(33)34/h16-23,29H,2-15,24H2,1H3. The molecule has 0 bridgehead atoms. The maximum absolute atomic E-state index is 10.7. The van der Waals surface area contributed by atoms with Crippen molar-refractivity contribution in [1.82, 2.24) is 0 Å². The Kier molecular flexibility index (Phi) is 14.3. The number of nitrogens with zero attached hydrogens (tertiary/aromatic N) is 3. The highest BCUT2D eigenvalue weighted by atomic mass is 16.6. The molecule has 2 aromatic carbocycles. The van der Waals surface area contributed by atoms with Crippen molar-refractivity contribution in [2.24, 2.45) is 10.2 Å². The number of rotatable bonds is 19. The molecule has 0 heterocycles. The van der Waals surface area contributed by atoms with Crippen molar-refractivity contribution >= 4 is 22.7 Å². The van der Waals surface area contributed by atoms with E-state index in [2.05, 4.69) is 22.5 Å². The minimum Gasteiger partial charge on any atom is -0.385 e. The van der Waals surface area contributed by atoms with Gasteiger partial charge in [0.05, 0.1) is 16.3 Å². The maximum atomic E-state index is 10.7. The number of unbranched alkanes of at least 4 members (excludes halogenated alkanes) is 13. The molecule has 0 fully saturated rings. The number of azo groups is 1. The summed E-state index contributed by atoms with van der Waals surface area (Å²) in [5, 5.41) is 22.5. The molecular weight excluding hydrogens is 424 g/mol. The Balaban J connectivity index is 1.47. The third kappa shape index (κ3) is 12.5. The molecule has 0 aliphatic heterocycles. The molecule has 0 atom stereocenters. The second kappa shape index (κ2) is 17.7. The Hall–Kier alpha value is -2.76. The molecule has 2 aromatic rings. The molecule has 0 aliphatic carbocycles. The summed E-state index contributed by atoms with van der Waals surface area (Å²) in [5.41, 5.74) is 2.48. The number of nitro benzene ring substituents is 1. The van der Waals surface area contributed by atoms with E-state index in [0.717, 1.165) is 17.9 Å². The summed E-state index contributed by atoms with van der Waals surface area (Å²) in [5.74, 6) is 0. The van der Waals surface area contributed by atoms with E-state index in [1.54, 1.807) is 12.1 Å². The lowest BCUT2D eigenvalue weighted by molar-refractivity contribution is -0.384. The second-order valence-electron chi connectivity index (χ2n) is 9.04. The molecule has 1 N–H and O–H groups in total. The lowest BCUT2D eigenvalue weighted by Crippen LogP contribution is -2.00. The van der Waals surface area contributed by atoms with Gasteiger partial charge in [0, 0.05) is 24.4 Å². The van der Waals surface area contributed by atoms with Crippen molar-refractivity contribution < 1.29 is 4.92 Å². The number of hydrogen-bond acceptors (Lipinski definition) is 5. The van der Waals surface area contributed by atoms with E-state index in [9.17, 15) is 10.1 Å². The molecule has 0 spiro atoms. The number of anilines is 1. The van der Waals surface area contributed by atoms with Gasteiger partial charge in [-0.2, -0.15) is 10.2 Å². The molecule has 0 radical (unpaired) electrons. The van der Waals surface area contributed by atoms with Crippen LogP contribution in [0.2, 0.25) is 0 Å². The van der Waals surface area contributed by atoms with E-state index in [-0.39, 0.29) is 5.69 Å². The van der Waals surface area contributed by atoms with E-state index in [4.69, 9.17) is 0 Å². The van der Waals surface area contributed by atoms with Gasteiger partial charge < -0.3 is 5.32 Å². The number of hydrogen-bond donors (Lipinski definition) is 1. The largest absolute Gasteiger partial charge is 0.385 e. The highest BCUT2D eigenvalue weighted by molar-refractivity contribution is 5.51. The fourth-order valence-corrected chi connectivity index (χ4v) is 3.95. The van der Waals surface area contributed by atoms with Crippen molar-refractivity contribution in [1.29, 1.82) is 0 Å². The fourth-order valence-electron chi connectivity index (χ4n) is 3.95. The molecule has 0 saturated carbocycles. The van der Waals surface area contributed by atoms with Crippen molar-refractivity contribution in [2.75, 3.05) is 11.9 Å². The first kappa shape index (κ1) is 27.5. The molecule has 0 amide bonds. The van der Waals surface area contributed by atoms with Crippen LogP contribution in [0.4, 0.5) is 22.7 Å². The van der Waals surface area contributed by atoms with Gasteiger partial charge in [-0.1, -0.05) is 90.4 Å². The van der Waals surface area contributed by atoms with Crippen molar-refractivity contribution in [3.63, 3.8) is 0 Å². The molecule has 0 aliphatic rings. The third-order valence-electron chi connectivity index (χ3n) is 6.07. The van der Waals surface area contributed by atoms with Gasteiger partial charge >= 0.3 is 0 Å². The maximum Gasteiger partial charge on any atom is 0.269 e. The summed E-state index contributed by atoms with van der Waals surface area (Å²) in [6, 6.07) is 13.9. The molecule has 6 nitrogen and oxygen atoms in total. The Morgan fingerprint density at radius 3 is 1.50 bits per heavy atom. The number of nitrogens with one attached hydrogen (secondary N) is 1. The first-order valence-electron chi connectivity index (χ1n) is 13.2. The average molecular weight is 467 g/mol. The fraction of sp³-hybridized carbons (Fsp3) is 0.571. The van der Waals surface area contributed by atoms with Gasteiger partial charge in [-0.25, -0.2) is 0 Å². The van der Waals surface area contributed by atoms with E-state index in [1.807, 2.05) is 24.3 Å². The highest BCUT2D eigenvalue weighted by Gasteiger charge is 2.03.